The minimum Gasteiger partial charge on any atom is -0.357 e. The number of benzene rings is 3. The molecule has 0 saturated carbocycles. The van der Waals surface area contributed by atoms with Crippen molar-refractivity contribution in [2.24, 2.45) is 0 Å². The topological polar surface area (TPSA) is 86.8 Å². The highest BCUT2D eigenvalue weighted by atomic mass is 35.5. The number of hydrogen-bond donors (Lipinski definition) is 1. The van der Waals surface area contributed by atoms with Gasteiger partial charge in [0.2, 0.25) is 11.8 Å². The zero-order chi connectivity index (χ0) is 26.0. The summed E-state index contributed by atoms with van der Waals surface area (Å²) < 4.78 is 27.8. The van der Waals surface area contributed by atoms with E-state index >= 15 is 0 Å². The summed E-state index contributed by atoms with van der Waals surface area (Å²) in [5, 5.41) is 5.06. The first-order valence-electron chi connectivity index (χ1n) is 11.7. The minimum atomic E-state index is -3.70. The second kappa shape index (κ2) is 10.7. The Morgan fingerprint density at radius 3 is 2.47 bits per heavy atom. The van der Waals surface area contributed by atoms with E-state index in [9.17, 15) is 18.0 Å². The second-order valence-electron chi connectivity index (χ2n) is 8.61. The van der Waals surface area contributed by atoms with Crippen molar-refractivity contribution in [2.45, 2.75) is 43.7 Å². The molecule has 0 radical (unpaired) electrons. The monoisotopic (exact) mass is 547 g/mol. The Morgan fingerprint density at radius 1 is 1.08 bits per heavy atom. The molecule has 4 rings (SSSR count). The third-order valence-corrected chi connectivity index (χ3v) is 8.86. The van der Waals surface area contributed by atoms with E-state index in [0.29, 0.717) is 33.1 Å². The van der Waals surface area contributed by atoms with Crippen molar-refractivity contribution in [3.63, 3.8) is 0 Å². The molecule has 0 bridgehead atoms. The maximum atomic E-state index is 13.4. The number of carbonyl (C=O) groups is 2. The normalized spacial score (nSPS) is 14.6. The van der Waals surface area contributed by atoms with Crippen LogP contribution in [0.25, 0.3) is 10.8 Å². The fraction of sp³-hybridized carbons (Fsp3) is 0.308. The molecule has 0 fully saturated rings. The van der Waals surface area contributed by atoms with Gasteiger partial charge in [-0.1, -0.05) is 60.5 Å². The molecule has 7 nitrogen and oxygen atoms in total. The third kappa shape index (κ3) is 4.90. The lowest BCUT2D eigenvalue weighted by atomic mass is 10.1. The number of rotatable bonds is 9. The molecule has 2 amide bonds. The first-order valence-corrected chi connectivity index (χ1v) is 13.9. The average molecular weight is 548 g/mol. The lowest BCUT2D eigenvalue weighted by Crippen LogP contribution is -2.48. The highest BCUT2D eigenvalue weighted by Crippen LogP contribution is 2.42. The van der Waals surface area contributed by atoms with Crippen molar-refractivity contribution < 1.29 is 18.0 Å². The van der Waals surface area contributed by atoms with Crippen LogP contribution in [0.2, 0.25) is 10.0 Å². The van der Waals surface area contributed by atoms with E-state index < -0.39 is 16.1 Å². The summed E-state index contributed by atoms with van der Waals surface area (Å²) in [4.78, 5) is 27.8. The van der Waals surface area contributed by atoms with Crippen LogP contribution < -0.4 is 9.62 Å². The molecular weight excluding hydrogens is 521 g/mol. The molecule has 0 aromatic heterocycles. The van der Waals surface area contributed by atoms with Gasteiger partial charge in [0, 0.05) is 42.0 Å². The number of halogens is 2. The van der Waals surface area contributed by atoms with Gasteiger partial charge in [0.15, 0.2) is 0 Å². The fourth-order valence-corrected chi connectivity index (χ4v) is 6.85. The molecule has 3 aromatic carbocycles. The molecule has 1 aliphatic heterocycles. The van der Waals surface area contributed by atoms with Crippen molar-refractivity contribution >= 4 is 61.5 Å². The summed E-state index contributed by atoms with van der Waals surface area (Å²) in [6.45, 7) is 2.11. The van der Waals surface area contributed by atoms with Crippen molar-refractivity contribution in [1.82, 2.24) is 10.2 Å². The Kier molecular flexibility index (Phi) is 7.78. The Bertz CT molecular complexity index is 1420. The Labute approximate surface area is 221 Å². The Hall–Kier alpha value is -2.81. The molecule has 0 aliphatic carbocycles. The van der Waals surface area contributed by atoms with Gasteiger partial charge in [-0.05, 0) is 48.1 Å². The van der Waals surface area contributed by atoms with Gasteiger partial charge in [0.1, 0.15) is 6.04 Å². The summed E-state index contributed by atoms with van der Waals surface area (Å²) >= 11 is 12.4. The lowest BCUT2D eigenvalue weighted by Gasteiger charge is -2.31. The summed E-state index contributed by atoms with van der Waals surface area (Å²) in [7, 11) is -2.17. The summed E-state index contributed by atoms with van der Waals surface area (Å²) in [5.41, 5.74) is 1.29. The number of sulfonamides is 1. The van der Waals surface area contributed by atoms with E-state index in [1.54, 1.807) is 36.4 Å². The zero-order valence-electron chi connectivity index (χ0n) is 20.0. The van der Waals surface area contributed by atoms with E-state index in [-0.39, 0.29) is 42.6 Å². The van der Waals surface area contributed by atoms with Gasteiger partial charge in [-0.15, -0.1) is 0 Å². The predicted molar refractivity (Wildman–Crippen MR) is 143 cm³/mol. The fourth-order valence-electron chi connectivity index (χ4n) is 4.64. The molecule has 3 aromatic rings. The first kappa shape index (κ1) is 26.3. The highest BCUT2D eigenvalue weighted by Gasteiger charge is 2.35. The van der Waals surface area contributed by atoms with Gasteiger partial charge in [-0.3, -0.25) is 13.9 Å². The summed E-state index contributed by atoms with van der Waals surface area (Å²) in [6, 6.07) is 15.0. The molecule has 0 spiro atoms. The molecular formula is C26H27Cl2N3O4S. The van der Waals surface area contributed by atoms with Gasteiger partial charge >= 0.3 is 0 Å². The molecule has 1 N–H and O–H groups in total. The number of carbonyl (C=O) groups excluding carboxylic acids is 2. The molecule has 0 unspecified atom stereocenters. The number of likely N-dealkylation sites (N-methyl/N-ethyl adjacent to an activating group) is 1. The van der Waals surface area contributed by atoms with Crippen LogP contribution in [0.15, 0.2) is 59.5 Å². The first-order chi connectivity index (χ1) is 17.2. The Balaban J connectivity index is 1.53. The van der Waals surface area contributed by atoms with Crippen molar-refractivity contribution in [2.75, 3.05) is 17.9 Å². The number of anilines is 1. The molecule has 36 heavy (non-hydrogen) atoms. The van der Waals surface area contributed by atoms with Crippen molar-refractivity contribution in [3.8, 4) is 0 Å². The largest absolute Gasteiger partial charge is 0.357 e. The molecule has 10 heteroatoms. The van der Waals surface area contributed by atoms with Crippen molar-refractivity contribution in [3.05, 3.63) is 70.2 Å². The molecule has 190 valence electrons. The maximum absolute atomic E-state index is 13.4. The zero-order valence-corrected chi connectivity index (χ0v) is 22.3. The SMILES string of the molecule is CC[C@@H](C(=O)NC)N(Cc1ccc(Cl)cc1Cl)C(=O)CCCN1c2cccc3cccc(c23)S1(=O)=O. The summed E-state index contributed by atoms with van der Waals surface area (Å²) in [6.07, 6.45) is 0.767. The average Bonchev–Trinajstić information content (AvgIpc) is 3.08. The number of hydrogen-bond acceptors (Lipinski definition) is 4. The number of nitrogens with one attached hydrogen (secondary N) is 1. The maximum Gasteiger partial charge on any atom is 0.265 e. The quantitative estimate of drug-likeness (QED) is 0.408. The van der Waals surface area contributed by atoms with Gasteiger partial charge in [0.25, 0.3) is 10.0 Å². The van der Waals surface area contributed by atoms with Crippen LogP contribution in [0.3, 0.4) is 0 Å². The van der Waals surface area contributed by atoms with Gasteiger partial charge in [-0.2, -0.15) is 0 Å². The van der Waals surface area contributed by atoms with Crippen LogP contribution >= 0.6 is 23.2 Å². The van der Waals surface area contributed by atoms with Crippen LogP contribution in [-0.4, -0.2) is 44.8 Å². The molecule has 0 saturated heterocycles. The summed E-state index contributed by atoms with van der Waals surface area (Å²) in [5.74, 6) is -0.538. The molecule has 1 aliphatic rings. The van der Waals surface area contributed by atoms with E-state index in [1.807, 2.05) is 25.1 Å². The van der Waals surface area contributed by atoms with Crippen LogP contribution in [0.4, 0.5) is 5.69 Å². The molecule has 1 heterocycles. The smallest absolute Gasteiger partial charge is 0.265 e. The van der Waals surface area contributed by atoms with Crippen LogP contribution in [0.5, 0.6) is 0 Å². The number of amides is 2. The van der Waals surface area contributed by atoms with E-state index in [0.717, 1.165) is 5.39 Å². The second-order valence-corrected chi connectivity index (χ2v) is 11.3. The van der Waals surface area contributed by atoms with Crippen molar-refractivity contribution in [1.29, 1.82) is 0 Å². The predicted octanol–water partition coefficient (Wildman–Crippen LogP) is 4.99. The van der Waals surface area contributed by atoms with Crippen LogP contribution in [0.1, 0.15) is 31.7 Å². The minimum absolute atomic E-state index is 0.0665. The lowest BCUT2D eigenvalue weighted by molar-refractivity contribution is -0.141. The molecule has 1 atom stereocenters. The van der Waals surface area contributed by atoms with E-state index in [4.69, 9.17) is 23.2 Å². The van der Waals surface area contributed by atoms with Gasteiger partial charge in [-0.25, -0.2) is 8.42 Å². The van der Waals surface area contributed by atoms with Crippen LogP contribution in [-0.2, 0) is 26.2 Å². The van der Waals surface area contributed by atoms with E-state index in [1.165, 1.54) is 16.3 Å². The Morgan fingerprint density at radius 2 is 1.81 bits per heavy atom. The van der Waals surface area contributed by atoms with Gasteiger partial charge in [0.05, 0.1) is 10.6 Å². The standard InChI is InChI=1S/C26H27Cl2N3O4S/c1-3-21(26(33)29-2)30(16-18-12-13-19(27)15-20(18)28)24(32)11-6-14-31-22-9-4-7-17-8-5-10-23(25(17)22)36(31,34)35/h4-5,7-10,12-13,15,21H,3,6,11,14,16H2,1-2H3,(H,29,33)/t21-/m0/s1. The van der Waals surface area contributed by atoms with E-state index in [2.05, 4.69) is 5.32 Å². The highest BCUT2D eigenvalue weighted by molar-refractivity contribution is 7.93. The van der Waals surface area contributed by atoms with Crippen LogP contribution in [0, 0.1) is 0 Å². The number of nitrogens with zero attached hydrogens (tertiary/aromatic N) is 2. The third-order valence-electron chi connectivity index (χ3n) is 6.42. The van der Waals surface area contributed by atoms with Gasteiger partial charge < -0.3 is 10.2 Å².